The van der Waals surface area contributed by atoms with Crippen LogP contribution in [0.5, 0.6) is 0 Å². The first-order valence-corrected chi connectivity index (χ1v) is 5.66. The van der Waals surface area contributed by atoms with Gasteiger partial charge in [0.15, 0.2) is 0 Å². The van der Waals surface area contributed by atoms with E-state index in [0.717, 1.165) is 0 Å². The fourth-order valence-electron chi connectivity index (χ4n) is 2.47. The SMILES string of the molecule is O=c1cc(C2CC2)[nH]n1C1CCCC1. The summed E-state index contributed by atoms with van der Waals surface area (Å²) in [4.78, 5) is 11.7. The molecule has 14 heavy (non-hydrogen) atoms. The van der Waals surface area contributed by atoms with E-state index in [1.165, 1.54) is 44.2 Å². The van der Waals surface area contributed by atoms with Crippen molar-refractivity contribution < 1.29 is 0 Å². The summed E-state index contributed by atoms with van der Waals surface area (Å²) in [7, 11) is 0. The van der Waals surface area contributed by atoms with Crippen molar-refractivity contribution in [1.29, 1.82) is 0 Å². The summed E-state index contributed by atoms with van der Waals surface area (Å²) in [5, 5.41) is 3.29. The second-order valence-electron chi connectivity index (χ2n) is 4.63. The van der Waals surface area contributed by atoms with Gasteiger partial charge in [0.25, 0.3) is 5.56 Å². The minimum atomic E-state index is 0.179. The molecule has 2 aliphatic rings. The van der Waals surface area contributed by atoms with Crippen molar-refractivity contribution in [2.45, 2.75) is 50.5 Å². The van der Waals surface area contributed by atoms with E-state index >= 15 is 0 Å². The Balaban J connectivity index is 1.92. The molecule has 0 aromatic carbocycles. The lowest BCUT2D eigenvalue weighted by atomic mass is 10.3. The second-order valence-corrected chi connectivity index (χ2v) is 4.63. The third-order valence-corrected chi connectivity index (χ3v) is 3.47. The van der Waals surface area contributed by atoms with E-state index in [1.54, 1.807) is 6.07 Å². The van der Waals surface area contributed by atoms with E-state index in [-0.39, 0.29) is 5.56 Å². The molecule has 0 radical (unpaired) electrons. The molecule has 1 aromatic heterocycles. The molecule has 3 nitrogen and oxygen atoms in total. The maximum Gasteiger partial charge on any atom is 0.266 e. The fourth-order valence-corrected chi connectivity index (χ4v) is 2.47. The first-order chi connectivity index (χ1) is 6.84. The summed E-state index contributed by atoms with van der Waals surface area (Å²) in [5.74, 6) is 0.658. The number of hydrogen-bond donors (Lipinski definition) is 1. The van der Waals surface area contributed by atoms with Crippen LogP contribution in [-0.4, -0.2) is 9.78 Å². The van der Waals surface area contributed by atoms with Gasteiger partial charge in [0.2, 0.25) is 0 Å². The van der Waals surface area contributed by atoms with Gasteiger partial charge in [-0.3, -0.25) is 9.89 Å². The van der Waals surface area contributed by atoms with Crippen molar-refractivity contribution in [2.75, 3.05) is 0 Å². The summed E-state index contributed by atoms with van der Waals surface area (Å²) in [6.07, 6.45) is 7.40. The van der Waals surface area contributed by atoms with Gasteiger partial charge >= 0.3 is 0 Å². The minimum Gasteiger partial charge on any atom is -0.299 e. The fraction of sp³-hybridized carbons (Fsp3) is 0.727. The zero-order chi connectivity index (χ0) is 9.54. The van der Waals surface area contributed by atoms with Crippen LogP contribution in [0.2, 0.25) is 0 Å². The minimum absolute atomic E-state index is 0.179. The van der Waals surface area contributed by atoms with Crippen LogP contribution in [0.3, 0.4) is 0 Å². The maximum absolute atomic E-state index is 11.7. The van der Waals surface area contributed by atoms with E-state index < -0.39 is 0 Å². The van der Waals surface area contributed by atoms with Crippen molar-refractivity contribution >= 4 is 0 Å². The zero-order valence-corrected chi connectivity index (χ0v) is 8.33. The van der Waals surface area contributed by atoms with Crippen molar-refractivity contribution in [3.8, 4) is 0 Å². The first kappa shape index (κ1) is 8.33. The van der Waals surface area contributed by atoms with Crippen molar-refractivity contribution in [1.82, 2.24) is 9.78 Å². The Morgan fingerprint density at radius 2 is 1.93 bits per heavy atom. The van der Waals surface area contributed by atoms with Crippen molar-refractivity contribution in [3.63, 3.8) is 0 Å². The van der Waals surface area contributed by atoms with Crippen LogP contribution < -0.4 is 5.56 Å². The predicted molar refractivity (Wildman–Crippen MR) is 54.5 cm³/mol. The number of hydrogen-bond acceptors (Lipinski definition) is 1. The number of aromatic nitrogens is 2. The zero-order valence-electron chi connectivity index (χ0n) is 8.33. The van der Waals surface area contributed by atoms with Crippen LogP contribution in [0, 0.1) is 0 Å². The van der Waals surface area contributed by atoms with Gasteiger partial charge in [-0.1, -0.05) is 12.8 Å². The summed E-state index contributed by atoms with van der Waals surface area (Å²) in [5.41, 5.74) is 1.35. The molecular weight excluding hydrogens is 176 g/mol. The lowest BCUT2D eigenvalue weighted by Crippen LogP contribution is -2.19. The van der Waals surface area contributed by atoms with Gasteiger partial charge in [0.1, 0.15) is 0 Å². The molecule has 0 saturated heterocycles. The average molecular weight is 192 g/mol. The monoisotopic (exact) mass is 192 g/mol. The Kier molecular flexibility index (Phi) is 1.79. The van der Waals surface area contributed by atoms with Gasteiger partial charge in [0.05, 0.1) is 6.04 Å². The topological polar surface area (TPSA) is 37.8 Å². The molecule has 76 valence electrons. The molecule has 2 aliphatic carbocycles. The molecule has 2 fully saturated rings. The summed E-state index contributed by atoms with van der Waals surface area (Å²) < 4.78 is 1.86. The van der Waals surface area contributed by atoms with Crippen LogP contribution in [0.4, 0.5) is 0 Å². The third kappa shape index (κ3) is 1.31. The molecule has 0 aliphatic heterocycles. The molecule has 3 heteroatoms. The van der Waals surface area contributed by atoms with Crippen LogP contribution in [0.1, 0.15) is 56.2 Å². The summed E-state index contributed by atoms with van der Waals surface area (Å²) >= 11 is 0. The van der Waals surface area contributed by atoms with E-state index in [9.17, 15) is 4.79 Å². The molecule has 1 N–H and O–H groups in total. The highest BCUT2D eigenvalue weighted by Crippen LogP contribution is 2.39. The van der Waals surface area contributed by atoms with E-state index in [4.69, 9.17) is 0 Å². The maximum atomic E-state index is 11.7. The Morgan fingerprint density at radius 1 is 1.21 bits per heavy atom. The highest BCUT2D eigenvalue weighted by Gasteiger charge is 2.27. The normalized spacial score (nSPS) is 23.1. The number of nitrogens with zero attached hydrogens (tertiary/aromatic N) is 1. The van der Waals surface area contributed by atoms with Crippen LogP contribution in [-0.2, 0) is 0 Å². The molecular formula is C11H16N2O. The summed E-state index contributed by atoms with van der Waals surface area (Å²) in [6.45, 7) is 0. The van der Waals surface area contributed by atoms with E-state index in [2.05, 4.69) is 5.10 Å². The Hall–Kier alpha value is -0.990. The molecule has 0 bridgehead atoms. The molecule has 0 unspecified atom stereocenters. The van der Waals surface area contributed by atoms with Crippen LogP contribution in [0.25, 0.3) is 0 Å². The lowest BCUT2D eigenvalue weighted by molar-refractivity contribution is 0.451. The number of nitrogens with one attached hydrogen (secondary N) is 1. The van der Waals surface area contributed by atoms with Crippen molar-refractivity contribution in [2.24, 2.45) is 0 Å². The summed E-state index contributed by atoms with van der Waals surface area (Å²) in [6, 6.07) is 2.26. The Morgan fingerprint density at radius 3 is 2.57 bits per heavy atom. The van der Waals surface area contributed by atoms with Gasteiger partial charge in [-0.05, 0) is 25.7 Å². The van der Waals surface area contributed by atoms with Crippen LogP contribution >= 0.6 is 0 Å². The van der Waals surface area contributed by atoms with Crippen molar-refractivity contribution in [3.05, 3.63) is 22.1 Å². The molecule has 2 saturated carbocycles. The molecule has 0 spiro atoms. The first-order valence-electron chi connectivity index (χ1n) is 5.66. The largest absolute Gasteiger partial charge is 0.299 e. The molecule has 1 aromatic rings. The van der Waals surface area contributed by atoms with Gasteiger partial charge in [-0.25, -0.2) is 4.68 Å². The number of aromatic amines is 1. The van der Waals surface area contributed by atoms with Gasteiger partial charge < -0.3 is 0 Å². The average Bonchev–Trinajstić information content (AvgIpc) is 2.75. The third-order valence-electron chi connectivity index (χ3n) is 3.47. The van der Waals surface area contributed by atoms with E-state index in [1.807, 2.05) is 4.68 Å². The highest BCUT2D eigenvalue weighted by atomic mass is 16.1. The smallest absolute Gasteiger partial charge is 0.266 e. The Bertz CT molecular complexity index is 380. The van der Waals surface area contributed by atoms with Gasteiger partial charge in [0, 0.05) is 17.7 Å². The van der Waals surface area contributed by atoms with Gasteiger partial charge in [-0.15, -0.1) is 0 Å². The van der Waals surface area contributed by atoms with Gasteiger partial charge in [-0.2, -0.15) is 0 Å². The molecule has 0 atom stereocenters. The highest BCUT2D eigenvalue weighted by molar-refractivity contribution is 5.13. The molecule has 3 rings (SSSR count). The quantitative estimate of drug-likeness (QED) is 0.766. The van der Waals surface area contributed by atoms with Crippen LogP contribution in [0.15, 0.2) is 10.9 Å². The standard InChI is InChI=1S/C11H16N2O/c14-11-7-10(8-5-6-8)12-13(11)9-3-1-2-4-9/h7-9,12H,1-6H2. The molecule has 1 heterocycles. The lowest BCUT2D eigenvalue weighted by Gasteiger charge is -2.09. The second kappa shape index (κ2) is 3.01. The number of H-pyrrole nitrogens is 1. The molecule has 0 amide bonds. The Labute approximate surface area is 83.1 Å². The predicted octanol–water partition coefficient (Wildman–Crippen LogP) is 2.17. The van der Waals surface area contributed by atoms with E-state index in [0.29, 0.717) is 12.0 Å². The number of rotatable bonds is 2.